The van der Waals surface area contributed by atoms with Crippen LogP contribution in [0.1, 0.15) is 30.1 Å². The molecule has 1 fully saturated rings. The highest BCUT2D eigenvalue weighted by Gasteiger charge is 2.41. The molecule has 0 aliphatic heterocycles. The lowest BCUT2D eigenvalue weighted by Gasteiger charge is -2.11. The molecule has 1 aromatic carbocycles. The normalized spacial score (nSPS) is 15.1. The molecule has 4 rings (SSSR count). The van der Waals surface area contributed by atoms with Crippen molar-refractivity contribution in [1.82, 2.24) is 19.6 Å². The third kappa shape index (κ3) is 3.66. The second-order valence-corrected chi connectivity index (χ2v) is 7.07. The molecule has 0 radical (unpaired) electrons. The molecule has 5 nitrogen and oxygen atoms in total. The van der Waals surface area contributed by atoms with Crippen molar-refractivity contribution in [2.45, 2.75) is 31.2 Å². The van der Waals surface area contributed by atoms with E-state index >= 15 is 0 Å². The number of alkyl halides is 6. The van der Waals surface area contributed by atoms with Crippen LogP contribution in [0.3, 0.4) is 0 Å². The number of halogens is 7. The van der Waals surface area contributed by atoms with Crippen LogP contribution < -0.4 is 5.73 Å². The number of nitrogens with zero attached hydrogens (tertiary/aromatic N) is 4. The molecule has 0 saturated heterocycles. The Kier molecular flexibility index (Phi) is 4.34. The second-order valence-electron chi connectivity index (χ2n) is 6.63. The predicted molar refractivity (Wildman–Crippen MR) is 92.5 cm³/mol. The largest absolute Gasteiger partial charge is 0.435 e. The zero-order chi connectivity index (χ0) is 21.1. The van der Waals surface area contributed by atoms with Gasteiger partial charge in [-0.3, -0.25) is 4.68 Å². The molecule has 29 heavy (non-hydrogen) atoms. The Hall–Kier alpha value is -2.69. The quantitative estimate of drug-likeness (QED) is 0.565. The number of hydrogen-bond acceptors (Lipinski definition) is 3. The highest BCUT2D eigenvalue weighted by atomic mass is 35.5. The SMILES string of the molecule is Nc1c(-c2cc(Cl)cc(C(F)(F)F)c2)c(C(F)(F)F)nn1-c1ccn(C2CC2)n1. The Morgan fingerprint density at radius 3 is 2.28 bits per heavy atom. The van der Waals surface area contributed by atoms with Gasteiger partial charge >= 0.3 is 12.4 Å². The van der Waals surface area contributed by atoms with Crippen molar-refractivity contribution >= 4 is 17.4 Å². The number of hydrogen-bond donors (Lipinski definition) is 1. The highest BCUT2D eigenvalue weighted by molar-refractivity contribution is 6.31. The van der Waals surface area contributed by atoms with Gasteiger partial charge in [0, 0.05) is 17.3 Å². The third-order valence-electron chi connectivity index (χ3n) is 4.44. The molecule has 1 saturated carbocycles. The van der Waals surface area contributed by atoms with Gasteiger partial charge in [-0.25, -0.2) is 0 Å². The Labute approximate surface area is 164 Å². The van der Waals surface area contributed by atoms with Crippen molar-refractivity contribution in [3.63, 3.8) is 0 Å². The number of nitrogens with two attached hydrogens (primary N) is 1. The first-order valence-corrected chi connectivity index (χ1v) is 8.72. The van der Waals surface area contributed by atoms with E-state index in [4.69, 9.17) is 17.3 Å². The molecule has 0 atom stereocenters. The zero-order valence-electron chi connectivity index (χ0n) is 14.4. The molecule has 2 aromatic heterocycles. The summed E-state index contributed by atoms with van der Waals surface area (Å²) in [6.45, 7) is 0. The molecular weight excluding hydrogens is 424 g/mol. The molecule has 2 heterocycles. The zero-order valence-corrected chi connectivity index (χ0v) is 15.1. The topological polar surface area (TPSA) is 61.7 Å². The summed E-state index contributed by atoms with van der Waals surface area (Å²) in [5.41, 5.74) is 2.15. The molecule has 1 aliphatic carbocycles. The van der Waals surface area contributed by atoms with Gasteiger partial charge in [0.05, 0.1) is 17.2 Å². The van der Waals surface area contributed by atoms with Crippen LogP contribution in [0.25, 0.3) is 16.9 Å². The molecule has 0 spiro atoms. The predicted octanol–water partition coefficient (Wildman–Crippen LogP) is 5.34. The highest BCUT2D eigenvalue weighted by Crippen LogP contribution is 2.43. The van der Waals surface area contributed by atoms with E-state index in [-0.39, 0.29) is 16.9 Å². The van der Waals surface area contributed by atoms with E-state index in [1.807, 2.05) is 0 Å². The molecule has 1 aliphatic rings. The average Bonchev–Trinajstić information content (AvgIpc) is 3.22. The minimum atomic E-state index is -4.96. The van der Waals surface area contributed by atoms with Crippen LogP contribution in [0.15, 0.2) is 30.5 Å². The van der Waals surface area contributed by atoms with Crippen molar-refractivity contribution in [3.05, 3.63) is 46.7 Å². The number of rotatable bonds is 3. The van der Waals surface area contributed by atoms with E-state index in [2.05, 4.69) is 10.2 Å². The fourth-order valence-electron chi connectivity index (χ4n) is 2.97. The number of benzene rings is 1. The second kappa shape index (κ2) is 6.41. The van der Waals surface area contributed by atoms with E-state index in [1.54, 1.807) is 10.9 Å². The summed E-state index contributed by atoms with van der Waals surface area (Å²) in [5.74, 6) is -0.460. The van der Waals surface area contributed by atoms with Crippen LogP contribution in [-0.2, 0) is 12.4 Å². The van der Waals surface area contributed by atoms with E-state index in [0.29, 0.717) is 12.1 Å². The smallest absolute Gasteiger partial charge is 0.383 e. The van der Waals surface area contributed by atoms with Crippen LogP contribution in [0.5, 0.6) is 0 Å². The van der Waals surface area contributed by atoms with Crippen LogP contribution >= 0.6 is 11.6 Å². The van der Waals surface area contributed by atoms with Gasteiger partial charge in [-0.05, 0) is 36.6 Å². The maximum Gasteiger partial charge on any atom is 0.435 e. The summed E-state index contributed by atoms with van der Waals surface area (Å²) in [5, 5.41) is 7.30. The van der Waals surface area contributed by atoms with Gasteiger partial charge in [0.2, 0.25) is 0 Å². The van der Waals surface area contributed by atoms with Crippen molar-refractivity contribution in [3.8, 4) is 16.9 Å². The van der Waals surface area contributed by atoms with Gasteiger partial charge in [0.1, 0.15) is 5.82 Å². The minimum Gasteiger partial charge on any atom is -0.383 e. The van der Waals surface area contributed by atoms with Gasteiger partial charge in [-0.2, -0.15) is 41.2 Å². The molecular formula is C17H12ClF6N5. The summed E-state index contributed by atoms with van der Waals surface area (Å²) >= 11 is 5.73. The minimum absolute atomic E-state index is 0.0317. The van der Waals surface area contributed by atoms with Crippen LogP contribution in [0.2, 0.25) is 5.02 Å². The third-order valence-corrected chi connectivity index (χ3v) is 4.65. The average molecular weight is 436 g/mol. The molecule has 2 N–H and O–H groups in total. The van der Waals surface area contributed by atoms with Gasteiger partial charge in [0.15, 0.2) is 11.5 Å². The van der Waals surface area contributed by atoms with Crippen molar-refractivity contribution in [1.29, 1.82) is 0 Å². The summed E-state index contributed by atoms with van der Waals surface area (Å²) in [4.78, 5) is 0. The summed E-state index contributed by atoms with van der Waals surface area (Å²) < 4.78 is 82.5. The molecule has 12 heteroatoms. The lowest BCUT2D eigenvalue weighted by Crippen LogP contribution is -2.09. The lowest BCUT2D eigenvalue weighted by atomic mass is 10.0. The molecule has 0 amide bonds. The van der Waals surface area contributed by atoms with Gasteiger partial charge in [-0.15, -0.1) is 0 Å². The van der Waals surface area contributed by atoms with Crippen molar-refractivity contribution in [2.75, 3.05) is 5.73 Å². The Bertz CT molecular complexity index is 1080. The number of anilines is 1. The van der Waals surface area contributed by atoms with Crippen LogP contribution in [0.4, 0.5) is 32.2 Å². The maximum absolute atomic E-state index is 13.6. The molecule has 0 bridgehead atoms. The fraction of sp³-hybridized carbons (Fsp3) is 0.294. The van der Waals surface area contributed by atoms with E-state index in [0.717, 1.165) is 23.6 Å². The monoisotopic (exact) mass is 435 g/mol. The molecule has 0 unspecified atom stereocenters. The Morgan fingerprint density at radius 1 is 1.00 bits per heavy atom. The number of aromatic nitrogens is 4. The molecule has 3 aromatic rings. The first kappa shape index (κ1) is 19.6. The first-order chi connectivity index (χ1) is 13.4. The Balaban J connectivity index is 1.91. The first-order valence-electron chi connectivity index (χ1n) is 8.34. The maximum atomic E-state index is 13.6. The van der Waals surface area contributed by atoms with Gasteiger partial charge < -0.3 is 5.73 Å². The summed E-state index contributed by atoms with van der Waals surface area (Å²) in [7, 11) is 0. The number of nitrogen functional groups attached to an aromatic ring is 1. The lowest BCUT2D eigenvalue weighted by molar-refractivity contribution is -0.140. The van der Waals surface area contributed by atoms with Gasteiger partial charge in [-0.1, -0.05) is 11.6 Å². The Morgan fingerprint density at radius 2 is 1.69 bits per heavy atom. The molecule has 154 valence electrons. The van der Waals surface area contributed by atoms with Gasteiger partial charge in [0.25, 0.3) is 0 Å². The van der Waals surface area contributed by atoms with Crippen molar-refractivity contribution < 1.29 is 26.3 Å². The fourth-order valence-corrected chi connectivity index (χ4v) is 3.20. The standard InChI is InChI=1S/C17H12ClF6N5/c18-10-6-8(5-9(7-10)16(19,20)21)13-14(17(22,23)24)27-29(15(13)25)12-3-4-28(26-12)11-1-2-11/h3-7,11H,1-2,25H2. The summed E-state index contributed by atoms with van der Waals surface area (Å²) in [6, 6.07) is 3.76. The van der Waals surface area contributed by atoms with E-state index in [9.17, 15) is 26.3 Å². The summed E-state index contributed by atoms with van der Waals surface area (Å²) in [6.07, 6.45) is -6.38. The van der Waals surface area contributed by atoms with Crippen LogP contribution in [-0.4, -0.2) is 19.6 Å². The van der Waals surface area contributed by atoms with E-state index in [1.165, 1.54) is 6.07 Å². The van der Waals surface area contributed by atoms with Crippen LogP contribution in [0, 0.1) is 0 Å². The van der Waals surface area contributed by atoms with Crippen molar-refractivity contribution in [2.24, 2.45) is 0 Å². The van der Waals surface area contributed by atoms with E-state index < -0.39 is 40.6 Å².